The van der Waals surface area contributed by atoms with Crippen LogP contribution >= 0.6 is 0 Å². The molecule has 2 rings (SSSR count). The number of carbonyl (C=O) groups is 3. The first kappa shape index (κ1) is 26.3. The quantitative estimate of drug-likeness (QED) is 0.380. The zero-order valence-electron chi connectivity index (χ0n) is 17.9. The van der Waals surface area contributed by atoms with Gasteiger partial charge in [-0.1, -0.05) is 33.6 Å². The van der Waals surface area contributed by atoms with Crippen LogP contribution in [-0.2, 0) is 20.6 Å². The number of nitrogens with zero attached hydrogens (tertiary/aromatic N) is 3. The molecular formula is C20H29F3N4O4. The maximum absolute atomic E-state index is 12.5. The Morgan fingerprint density at radius 1 is 1.35 bits per heavy atom. The van der Waals surface area contributed by atoms with Crippen LogP contribution in [0.15, 0.2) is 18.3 Å². The molecule has 0 saturated carbocycles. The molecule has 8 nitrogen and oxygen atoms in total. The fourth-order valence-corrected chi connectivity index (χ4v) is 2.83. The molecule has 2 N–H and O–H groups in total. The first-order valence-electron chi connectivity index (χ1n) is 10.1. The zero-order chi connectivity index (χ0) is 23.6. The summed E-state index contributed by atoms with van der Waals surface area (Å²) in [4.78, 5) is 40.3. The largest absolute Gasteiger partial charge is 0.417 e. The Bertz CT molecular complexity index is 726. The van der Waals surface area contributed by atoms with Crippen LogP contribution in [0.5, 0.6) is 0 Å². The van der Waals surface area contributed by atoms with Crippen molar-refractivity contribution in [2.75, 3.05) is 18.4 Å². The lowest BCUT2D eigenvalue weighted by Gasteiger charge is -2.27. The molecule has 0 spiro atoms. The Hall–Kier alpha value is -2.69. The van der Waals surface area contributed by atoms with E-state index in [2.05, 4.69) is 24.1 Å². The van der Waals surface area contributed by atoms with E-state index in [1.807, 2.05) is 0 Å². The maximum atomic E-state index is 12.5. The standard InChI is InChI=1S/C16H19F3N4O4.C4H10/c1-10(8-22(27)9-24)15(26)23-6-2-3-12(23)14(25)21-13-5-4-11(7-20-13)16(17,18)19;1-3-4-2/h4-5,7,9-10,12,27H,2-3,6,8H2,1H3,(H,20,21,25);3-4H2,1-2H3/t10-,12+;/m1./s1. The number of alkyl halides is 3. The van der Waals surface area contributed by atoms with Gasteiger partial charge in [0, 0.05) is 12.7 Å². The van der Waals surface area contributed by atoms with Crippen molar-refractivity contribution < 1.29 is 32.8 Å². The SMILES string of the molecule is CCCC.C[C@H](CN(O)C=O)C(=O)N1CCC[C@H]1C(=O)Nc1ccc(C(F)(F)F)cn1. The van der Waals surface area contributed by atoms with Gasteiger partial charge in [-0.3, -0.25) is 19.6 Å². The van der Waals surface area contributed by atoms with Crippen molar-refractivity contribution in [3.63, 3.8) is 0 Å². The molecule has 1 aromatic heterocycles. The first-order valence-corrected chi connectivity index (χ1v) is 10.1. The minimum absolute atomic E-state index is 0.0529. The van der Waals surface area contributed by atoms with Crippen LogP contribution in [-0.4, -0.2) is 57.5 Å². The second-order valence-electron chi connectivity index (χ2n) is 7.24. The molecule has 0 unspecified atom stereocenters. The Kier molecular flexibility index (Phi) is 10.4. The van der Waals surface area contributed by atoms with Gasteiger partial charge in [0.1, 0.15) is 11.9 Å². The average molecular weight is 446 g/mol. The summed E-state index contributed by atoms with van der Waals surface area (Å²) in [5, 5.41) is 12.0. The molecule has 31 heavy (non-hydrogen) atoms. The second kappa shape index (κ2) is 12.2. The number of halogens is 3. The van der Waals surface area contributed by atoms with Gasteiger partial charge in [0.05, 0.1) is 18.0 Å². The van der Waals surface area contributed by atoms with Gasteiger partial charge >= 0.3 is 6.18 Å². The Labute approximate surface area is 179 Å². The van der Waals surface area contributed by atoms with E-state index in [1.165, 1.54) is 24.7 Å². The normalized spacial score (nSPS) is 16.7. The van der Waals surface area contributed by atoms with Gasteiger partial charge in [-0.05, 0) is 25.0 Å². The lowest BCUT2D eigenvalue weighted by Crippen LogP contribution is -2.47. The summed E-state index contributed by atoms with van der Waals surface area (Å²) in [5.41, 5.74) is -0.935. The van der Waals surface area contributed by atoms with E-state index in [0.717, 1.165) is 12.1 Å². The molecule has 174 valence electrons. The van der Waals surface area contributed by atoms with E-state index in [0.29, 0.717) is 30.6 Å². The molecule has 0 radical (unpaired) electrons. The topological polar surface area (TPSA) is 103 Å². The van der Waals surface area contributed by atoms with Crippen molar-refractivity contribution in [2.24, 2.45) is 5.92 Å². The molecule has 3 amide bonds. The first-order chi connectivity index (χ1) is 14.5. The molecule has 2 heterocycles. The zero-order valence-corrected chi connectivity index (χ0v) is 17.9. The fourth-order valence-electron chi connectivity index (χ4n) is 2.83. The fraction of sp³-hybridized carbons (Fsp3) is 0.600. The molecule has 11 heteroatoms. The molecule has 0 bridgehead atoms. The smallest absolute Gasteiger partial charge is 0.330 e. The molecule has 1 aliphatic heterocycles. The molecule has 1 aliphatic rings. The number of likely N-dealkylation sites (tertiary alicyclic amines) is 1. The van der Waals surface area contributed by atoms with E-state index in [4.69, 9.17) is 0 Å². The van der Waals surface area contributed by atoms with Crippen molar-refractivity contribution in [1.29, 1.82) is 0 Å². The third-order valence-corrected chi connectivity index (χ3v) is 4.68. The van der Waals surface area contributed by atoms with Crippen LogP contribution in [0.4, 0.5) is 19.0 Å². The van der Waals surface area contributed by atoms with Gasteiger partial charge in [-0.2, -0.15) is 13.2 Å². The van der Waals surface area contributed by atoms with Crippen molar-refractivity contribution in [1.82, 2.24) is 14.9 Å². The van der Waals surface area contributed by atoms with Crippen LogP contribution in [0.3, 0.4) is 0 Å². The Morgan fingerprint density at radius 3 is 2.48 bits per heavy atom. The predicted octanol–water partition coefficient (Wildman–Crippen LogP) is 3.32. The number of carbonyl (C=O) groups excluding carboxylic acids is 3. The van der Waals surface area contributed by atoms with E-state index < -0.39 is 35.5 Å². The van der Waals surface area contributed by atoms with Crippen molar-refractivity contribution >= 4 is 24.0 Å². The number of nitrogens with one attached hydrogen (secondary N) is 1. The van der Waals surface area contributed by atoms with Crippen LogP contribution in [0.1, 0.15) is 52.0 Å². The Balaban J connectivity index is 0.00000110. The average Bonchev–Trinajstić information content (AvgIpc) is 3.23. The molecule has 1 aromatic rings. The van der Waals surface area contributed by atoms with Gasteiger partial charge in [-0.15, -0.1) is 0 Å². The van der Waals surface area contributed by atoms with Gasteiger partial charge < -0.3 is 10.2 Å². The molecule has 0 aliphatic carbocycles. The number of aromatic nitrogens is 1. The van der Waals surface area contributed by atoms with Gasteiger partial charge in [0.2, 0.25) is 18.2 Å². The summed E-state index contributed by atoms with van der Waals surface area (Å²) < 4.78 is 37.6. The van der Waals surface area contributed by atoms with Gasteiger partial charge in [0.25, 0.3) is 0 Å². The Morgan fingerprint density at radius 2 is 2.00 bits per heavy atom. The van der Waals surface area contributed by atoms with Crippen molar-refractivity contribution in [3.8, 4) is 0 Å². The highest BCUT2D eigenvalue weighted by molar-refractivity contribution is 5.97. The summed E-state index contributed by atoms with van der Waals surface area (Å²) in [6, 6.07) is 1.04. The third-order valence-electron chi connectivity index (χ3n) is 4.68. The van der Waals surface area contributed by atoms with Gasteiger partial charge in [0.15, 0.2) is 0 Å². The second-order valence-corrected chi connectivity index (χ2v) is 7.24. The highest BCUT2D eigenvalue weighted by Crippen LogP contribution is 2.29. The molecular weight excluding hydrogens is 417 g/mol. The minimum atomic E-state index is -4.53. The lowest BCUT2D eigenvalue weighted by molar-refractivity contribution is -0.156. The third kappa shape index (κ3) is 8.16. The highest BCUT2D eigenvalue weighted by Gasteiger charge is 2.36. The van der Waals surface area contributed by atoms with Crippen molar-refractivity contribution in [2.45, 2.75) is 58.7 Å². The summed E-state index contributed by atoms with van der Waals surface area (Å²) in [7, 11) is 0. The summed E-state index contributed by atoms with van der Waals surface area (Å²) in [6.07, 6.45) is -0.129. The highest BCUT2D eigenvalue weighted by atomic mass is 19.4. The summed E-state index contributed by atoms with van der Waals surface area (Å²) in [5.74, 6) is -1.74. The predicted molar refractivity (Wildman–Crippen MR) is 107 cm³/mol. The summed E-state index contributed by atoms with van der Waals surface area (Å²) in [6.45, 7) is 5.99. The number of unbranched alkanes of at least 4 members (excludes halogenated alkanes) is 1. The maximum Gasteiger partial charge on any atom is 0.417 e. The molecule has 1 saturated heterocycles. The van der Waals surface area contributed by atoms with Crippen LogP contribution in [0.25, 0.3) is 0 Å². The number of amides is 3. The van der Waals surface area contributed by atoms with E-state index in [9.17, 15) is 32.8 Å². The van der Waals surface area contributed by atoms with E-state index in [-0.39, 0.29) is 18.8 Å². The van der Waals surface area contributed by atoms with Crippen LogP contribution in [0, 0.1) is 5.92 Å². The van der Waals surface area contributed by atoms with E-state index in [1.54, 1.807) is 0 Å². The number of hydrogen-bond donors (Lipinski definition) is 2. The monoisotopic (exact) mass is 446 g/mol. The number of anilines is 1. The number of pyridine rings is 1. The van der Waals surface area contributed by atoms with Crippen LogP contribution < -0.4 is 5.32 Å². The lowest BCUT2D eigenvalue weighted by atomic mass is 10.1. The minimum Gasteiger partial charge on any atom is -0.330 e. The summed E-state index contributed by atoms with van der Waals surface area (Å²) >= 11 is 0. The number of hydroxylamine groups is 2. The van der Waals surface area contributed by atoms with Gasteiger partial charge in [-0.25, -0.2) is 10.0 Å². The number of rotatable bonds is 7. The van der Waals surface area contributed by atoms with Crippen molar-refractivity contribution in [3.05, 3.63) is 23.9 Å². The number of hydrogen-bond acceptors (Lipinski definition) is 5. The molecule has 0 aromatic carbocycles. The molecule has 1 fully saturated rings. The van der Waals surface area contributed by atoms with Crippen LogP contribution in [0.2, 0.25) is 0 Å². The van der Waals surface area contributed by atoms with E-state index >= 15 is 0 Å². The molecule has 2 atom stereocenters.